The fraction of sp³-hybridized carbons (Fsp3) is 0.400. The molecule has 0 bridgehead atoms. The van der Waals surface area contributed by atoms with Crippen molar-refractivity contribution in [2.75, 3.05) is 18.5 Å². The Morgan fingerprint density at radius 2 is 2.33 bits per heavy atom. The molecule has 1 rings (SSSR count). The first-order valence-electron chi connectivity index (χ1n) is 4.66. The number of nitrogens with zero attached hydrogens (tertiary/aromatic N) is 2. The smallest absolute Gasteiger partial charge is 0.337 e. The molecular formula is C10H13ClN2O2. The zero-order valence-corrected chi connectivity index (χ0v) is 9.45. The Morgan fingerprint density at radius 3 is 2.87 bits per heavy atom. The molecule has 0 saturated heterocycles. The van der Waals surface area contributed by atoms with Gasteiger partial charge in [0.05, 0.1) is 10.6 Å². The Bertz CT molecular complexity index is 368. The Morgan fingerprint density at radius 1 is 1.67 bits per heavy atom. The lowest BCUT2D eigenvalue weighted by Gasteiger charge is -2.18. The topological polar surface area (TPSA) is 53.4 Å². The first-order chi connectivity index (χ1) is 7.07. The van der Waals surface area contributed by atoms with Gasteiger partial charge in [-0.2, -0.15) is 0 Å². The second-order valence-corrected chi connectivity index (χ2v) is 3.60. The number of anilines is 1. The lowest BCUT2D eigenvalue weighted by Crippen LogP contribution is -2.20. The summed E-state index contributed by atoms with van der Waals surface area (Å²) in [5, 5.41) is 9.07. The molecule has 5 heteroatoms. The van der Waals surface area contributed by atoms with Crippen molar-refractivity contribution in [3.05, 3.63) is 22.8 Å². The molecular weight excluding hydrogens is 216 g/mol. The number of hydrogen-bond acceptors (Lipinski definition) is 3. The van der Waals surface area contributed by atoms with E-state index in [-0.39, 0.29) is 10.6 Å². The number of carboxylic acid groups (broad SMARTS) is 1. The lowest BCUT2D eigenvalue weighted by molar-refractivity contribution is 0.0697. The minimum atomic E-state index is -1.03. The standard InChI is InChI=1S/C10H13ClN2O2/c1-3-6-13(2)9-8(11)7(10(14)15)4-5-12-9/h4-5H,3,6H2,1-2H3,(H,14,15). The molecule has 0 unspecified atom stereocenters. The highest BCUT2D eigenvalue weighted by Gasteiger charge is 2.15. The van der Waals surface area contributed by atoms with Crippen LogP contribution < -0.4 is 4.90 Å². The number of carboxylic acids is 1. The summed E-state index contributed by atoms with van der Waals surface area (Å²) in [6.45, 7) is 2.82. The van der Waals surface area contributed by atoms with Crippen LogP contribution in [0.3, 0.4) is 0 Å². The highest BCUT2D eigenvalue weighted by molar-refractivity contribution is 6.35. The Kier molecular flexibility index (Phi) is 3.91. The zero-order valence-electron chi connectivity index (χ0n) is 8.70. The first kappa shape index (κ1) is 11.8. The summed E-state index contributed by atoms with van der Waals surface area (Å²) in [7, 11) is 1.84. The quantitative estimate of drug-likeness (QED) is 0.859. The summed E-state index contributed by atoms with van der Waals surface area (Å²) in [6.07, 6.45) is 2.41. The molecule has 0 saturated carbocycles. The van der Waals surface area contributed by atoms with Gasteiger partial charge in [-0.1, -0.05) is 18.5 Å². The van der Waals surface area contributed by atoms with Crippen LogP contribution in [0.1, 0.15) is 23.7 Å². The highest BCUT2D eigenvalue weighted by atomic mass is 35.5. The van der Waals surface area contributed by atoms with Gasteiger partial charge in [-0.3, -0.25) is 0 Å². The molecule has 15 heavy (non-hydrogen) atoms. The maximum atomic E-state index is 10.8. The molecule has 0 aliphatic heterocycles. The van der Waals surface area contributed by atoms with Crippen molar-refractivity contribution < 1.29 is 9.90 Å². The maximum Gasteiger partial charge on any atom is 0.337 e. The zero-order chi connectivity index (χ0) is 11.4. The number of pyridine rings is 1. The van der Waals surface area contributed by atoms with E-state index in [0.29, 0.717) is 5.82 Å². The second kappa shape index (κ2) is 4.98. The van der Waals surface area contributed by atoms with Gasteiger partial charge >= 0.3 is 5.97 Å². The van der Waals surface area contributed by atoms with Gasteiger partial charge in [0.2, 0.25) is 0 Å². The number of halogens is 1. The number of aromatic nitrogens is 1. The van der Waals surface area contributed by atoms with E-state index in [0.717, 1.165) is 13.0 Å². The summed E-state index contributed by atoms with van der Waals surface area (Å²) in [6, 6.07) is 1.40. The lowest BCUT2D eigenvalue weighted by atomic mass is 10.2. The largest absolute Gasteiger partial charge is 0.478 e. The van der Waals surface area contributed by atoms with Crippen molar-refractivity contribution in [2.24, 2.45) is 0 Å². The van der Waals surface area contributed by atoms with E-state index in [1.165, 1.54) is 12.3 Å². The van der Waals surface area contributed by atoms with Crippen LogP contribution in [0.15, 0.2) is 12.3 Å². The van der Waals surface area contributed by atoms with E-state index in [1.54, 1.807) is 0 Å². The first-order valence-corrected chi connectivity index (χ1v) is 5.04. The Hall–Kier alpha value is -1.29. The van der Waals surface area contributed by atoms with Crippen LogP contribution in [-0.2, 0) is 0 Å². The average molecular weight is 229 g/mol. The van der Waals surface area contributed by atoms with Crippen LogP contribution in [0.5, 0.6) is 0 Å². The molecule has 1 aromatic rings. The fourth-order valence-corrected chi connectivity index (χ4v) is 1.64. The monoisotopic (exact) mass is 228 g/mol. The van der Waals surface area contributed by atoms with Crippen LogP contribution in [0.4, 0.5) is 5.82 Å². The van der Waals surface area contributed by atoms with Gasteiger partial charge in [-0.15, -0.1) is 0 Å². The van der Waals surface area contributed by atoms with Crippen molar-refractivity contribution in [1.82, 2.24) is 4.98 Å². The number of rotatable bonds is 4. The van der Waals surface area contributed by atoms with Gasteiger partial charge in [-0.25, -0.2) is 9.78 Å². The van der Waals surface area contributed by atoms with Crippen molar-refractivity contribution in [3.8, 4) is 0 Å². The van der Waals surface area contributed by atoms with Crippen molar-refractivity contribution >= 4 is 23.4 Å². The Balaban J connectivity index is 3.09. The molecule has 4 nitrogen and oxygen atoms in total. The maximum absolute atomic E-state index is 10.8. The summed E-state index contributed by atoms with van der Waals surface area (Å²) in [4.78, 5) is 16.7. The SMILES string of the molecule is CCCN(C)c1nccc(C(=O)O)c1Cl. The van der Waals surface area contributed by atoms with E-state index in [4.69, 9.17) is 16.7 Å². The molecule has 1 aromatic heterocycles. The van der Waals surface area contributed by atoms with Crippen LogP contribution in [0, 0.1) is 0 Å². The molecule has 0 amide bonds. The van der Waals surface area contributed by atoms with Crippen LogP contribution >= 0.6 is 11.6 Å². The van der Waals surface area contributed by atoms with E-state index in [2.05, 4.69) is 4.98 Å². The minimum Gasteiger partial charge on any atom is -0.478 e. The van der Waals surface area contributed by atoms with Crippen molar-refractivity contribution in [3.63, 3.8) is 0 Å². The summed E-state index contributed by atoms with van der Waals surface area (Å²) >= 11 is 5.95. The third-order valence-electron chi connectivity index (χ3n) is 2.02. The number of carbonyl (C=O) groups is 1. The average Bonchev–Trinajstić information content (AvgIpc) is 2.17. The third kappa shape index (κ3) is 2.59. The Labute approximate surface area is 93.5 Å². The third-order valence-corrected chi connectivity index (χ3v) is 2.39. The van der Waals surface area contributed by atoms with Gasteiger partial charge in [0.15, 0.2) is 0 Å². The van der Waals surface area contributed by atoms with Gasteiger partial charge in [0, 0.05) is 19.8 Å². The molecule has 1 N–H and O–H groups in total. The van der Waals surface area contributed by atoms with Gasteiger partial charge in [-0.05, 0) is 12.5 Å². The van der Waals surface area contributed by atoms with Gasteiger partial charge in [0.1, 0.15) is 5.82 Å². The van der Waals surface area contributed by atoms with Crippen LogP contribution in [0.25, 0.3) is 0 Å². The van der Waals surface area contributed by atoms with E-state index in [9.17, 15) is 4.79 Å². The fourth-order valence-electron chi connectivity index (χ4n) is 1.31. The molecule has 1 heterocycles. The van der Waals surface area contributed by atoms with E-state index < -0.39 is 5.97 Å². The summed E-state index contributed by atoms with van der Waals surface area (Å²) in [5.74, 6) is -0.521. The highest BCUT2D eigenvalue weighted by Crippen LogP contribution is 2.26. The van der Waals surface area contributed by atoms with Crippen molar-refractivity contribution in [1.29, 1.82) is 0 Å². The molecule has 0 atom stereocenters. The number of aromatic carboxylic acids is 1. The van der Waals surface area contributed by atoms with E-state index >= 15 is 0 Å². The predicted octanol–water partition coefficient (Wildman–Crippen LogP) is 2.28. The summed E-state index contributed by atoms with van der Waals surface area (Å²) in [5.41, 5.74) is 0.0876. The molecule has 0 spiro atoms. The van der Waals surface area contributed by atoms with Crippen LogP contribution in [0.2, 0.25) is 5.02 Å². The second-order valence-electron chi connectivity index (χ2n) is 3.22. The molecule has 82 valence electrons. The van der Waals surface area contributed by atoms with Gasteiger partial charge < -0.3 is 10.0 Å². The molecule has 0 radical (unpaired) electrons. The van der Waals surface area contributed by atoms with Gasteiger partial charge in [0.25, 0.3) is 0 Å². The molecule has 0 aromatic carbocycles. The minimum absolute atomic E-state index is 0.0876. The predicted molar refractivity (Wildman–Crippen MR) is 59.8 cm³/mol. The van der Waals surface area contributed by atoms with Crippen molar-refractivity contribution in [2.45, 2.75) is 13.3 Å². The summed E-state index contributed by atoms with van der Waals surface area (Å²) < 4.78 is 0. The number of hydrogen-bond donors (Lipinski definition) is 1. The molecule has 0 aliphatic carbocycles. The van der Waals surface area contributed by atoms with E-state index in [1.807, 2.05) is 18.9 Å². The van der Waals surface area contributed by atoms with Crippen LogP contribution in [-0.4, -0.2) is 29.7 Å². The molecule has 0 aliphatic rings. The normalized spacial score (nSPS) is 10.1. The molecule has 0 fully saturated rings.